The van der Waals surface area contributed by atoms with Gasteiger partial charge >= 0.3 is 0 Å². The van der Waals surface area contributed by atoms with Crippen LogP contribution in [0.25, 0.3) is 0 Å². The minimum atomic E-state index is 0.0176. The lowest BCUT2D eigenvalue weighted by Gasteiger charge is -2.12. The molecule has 1 N–H and O–H groups in total. The second kappa shape index (κ2) is 4.10. The minimum absolute atomic E-state index is 0.0176. The summed E-state index contributed by atoms with van der Waals surface area (Å²) in [5, 5.41) is 9.53. The minimum Gasteiger partial charge on any atom is -0.393 e. The molecule has 0 aromatic carbocycles. The van der Waals surface area contributed by atoms with Gasteiger partial charge in [0, 0.05) is 0 Å². The number of rotatable bonds is 5. The van der Waals surface area contributed by atoms with E-state index in [-0.39, 0.29) is 6.10 Å². The molecule has 1 fully saturated rings. The van der Waals surface area contributed by atoms with Crippen molar-refractivity contribution in [2.75, 3.05) is 0 Å². The Morgan fingerprint density at radius 1 is 1.36 bits per heavy atom. The Labute approximate surface area is 69.8 Å². The third kappa shape index (κ3) is 3.24. The zero-order valence-electron chi connectivity index (χ0n) is 7.71. The van der Waals surface area contributed by atoms with Gasteiger partial charge in [-0.05, 0) is 37.5 Å². The molecule has 0 spiro atoms. The van der Waals surface area contributed by atoms with Gasteiger partial charge in [0.2, 0.25) is 0 Å². The highest BCUT2D eigenvalue weighted by molar-refractivity contribution is 4.80. The van der Waals surface area contributed by atoms with Crippen molar-refractivity contribution in [1.82, 2.24) is 0 Å². The van der Waals surface area contributed by atoms with Crippen LogP contribution >= 0.6 is 0 Å². The molecule has 11 heavy (non-hydrogen) atoms. The molecule has 0 heterocycles. The normalized spacial score (nSPS) is 23.2. The Kier molecular flexibility index (Phi) is 3.38. The molecule has 2 atom stereocenters. The molecule has 0 saturated heterocycles. The molecule has 0 radical (unpaired) electrons. The van der Waals surface area contributed by atoms with Gasteiger partial charge in [-0.3, -0.25) is 0 Å². The average molecular weight is 156 g/mol. The van der Waals surface area contributed by atoms with Gasteiger partial charge in [0.25, 0.3) is 0 Å². The van der Waals surface area contributed by atoms with Crippen LogP contribution < -0.4 is 0 Å². The van der Waals surface area contributed by atoms with E-state index < -0.39 is 0 Å². The van der Waals surface area contributed by atoms with E-state index in [1.54, 1.807) is 0 Å². The predicted molar refractivity (Wildman–Crippen MR) is 47.4 cm³/mol. The maximum Gasteiger partial charge on any atom is 0.0568 e. The number of hydrogen-bond donors (Lipinski definition) is 1. The highest BCUT2D eigenvalue weighted by Crippen LogP contribution is 2.34. The van der Waals surface area contributed by atoms with E-state index in [0.29, 0.717) is 5.92 Å². The first-order chi connectivity index (χ1) is 5.24. The van der Waals surface area contributed by atoms with Gasteiger partial charge in [-0.15, -0.1) is 0 Å². The van der Waals surface area contributed by atoms with Crippen LogP contribution in [0.15, 0.2) is 0 Å². The maximum atomic E-state index is 9.53. The molecule has 1 saturated carbocycles. The van der Waals surface area contributed by atoms with E-state index in [2.05, 4.69) is 13.8 Å². The van der Waals surface area contributed by atoms with Crippen LogP contribution in [0.5, 0.6) is 0 Å². The lowest BCUT2D eigenvalue weighted by atomic mass is 9.99. The Hall–Kier alpha value is -0.0400. The molecule has 1 heteroatoms. The SMILES string of the molecule is CCC(C)CCC(O)C1CC1. The highest BCUT2D eigenvalue weighted by Gasteiger charge is 2.29. The van der Waals surface area contributed by atoms with E-state index in [0.717, 1.165) is 12.3 Å². The van der Waals surface area contributed by atoms with Gasteiger partial charge in [-0.2, -0.15) is 0 Å². The largest absolute Gasteiger partial charge is 0.393 e. The molecule has 66 valence electrons. The Bertz CT molecular complexity index is 107. The van der Waals surface area contributed by atoms with Gasteiger partial charge in [0.1, 0.15) is 0 Å². The molecule has 1 rings (SSSR count). The molecule has 2 unspecified atom stereocenters. The molecule has 1 nitrogen and oxygen atoms in total. The second-order valence-electron chi connectivity index (χ2n) is 4.00. The predicted octanol–water partition coefficient (Wildman–Crippen LogP) is 2.58. The van der Waals surface area contributed by atoms with E-state index in [1.807, 2.05) is 0 Å². The summed E-state index contributed by atoms with van der Waals surface area (Å²) in [6.07, 6.45) is 6.03. The van der Waals surface area contributed by atoms with Crippen molar-refractivity contribution in [2.45, 2.75) is 52.1 Å². The van der Waals surface area contributed by atoms with E-state index in [1.165, 1.54) is 25.7 Å². The van der Waals surface area contributed by atoms with Crippen LogP contribution in [0, 0.1) is 11.8 Å². The third-order valence-corrected chi connectivity index (χ3v) is 2.82. The lowest BCUT2D eigenvalue weighted by Crippen LogP contribution is -2.10. The summed E-state index contributed by atoms with van der Waals surface area (Å²) in [4.78, 5) is 0. The summed E-state index contributed by atoms with van der Waals surface area (Å²) in [6.45, 7) is 4.48. The fourth-order valence-electron chi connectivity index (χ4n) is 1.38. The topological polar surface area (TPSA) is 20.2 Å². The van der Waals surface area contributed by atoms with Crippen LogP contribution in [0.1, 0.15) is 46.0 Å². The van der Waals surface area contributed by atoms with Crippen molar-refractivity contribution in [3.8, 4) is 0 Å². The van der Waals surface area contributed by atoms with Gasteiger partial charge in [-0.25, -0.2) is 0 Å². The first-order valence-corrected chi connectivity index (χ1v) is 4.92. The number of hydrogen-bond acceptors (Lipinski definition) is 1. The summed E-state index contributed by atoms with van der Waals surface area (Å²) < 4.78 is 0. The monoisotopic (exact) mass is 156 g/mol. The molecule has 0 aromatic rings. The van der Waals surface area contributed by atoms with Crippen molar-refractivity contribution >= 4 is 0 Å². The molecule has 1 aliphatic rings. The van der Waals surface area contributed by atoms with Crippen molar-refractivity contribution in [3.05, 3.63) is 0 Å². The van der Waals surface area contributed by atoms with Crippen molar-refractivity contribution in [1.29, 1.82) is 0 Å². The number of aliphatic hydroxyl groups is 1. The Morgan fingerprint density at radius 3 is 2.45 bits per heavy atom. The van der Waals surface area contributed by atoms with Crippen molar-refractivity contribution < 1.29 is 5.11 Å². The van der Waals surface area contributed by atoms with Gasteiger partial charge in [0.05, 0.1) is 6.10 Å². The third-order valence-electron chi connectivity index (χ3n) is 2.82. The molecular formula is C10H20O. The molecule has 0 aromatic heterocycles. The van der Waals surface area contributed by atoms with Crippen LogP contribution in [0.2, 0.25) is 0 Å². The Morgan fingerprint density at radius 2 is 2.00 bits per heavy atom. The average Bonchev–Trinajstić information content (AvgIpc) is 2.81. The summed E-state index contributed by atoms with van der Waals surface area (Å²) in [5.74, 6) is 1.46. The summed E-state index contributed by atoms with van der Waals surface area (Å²) in [6, 6.07) is 0. The van der Waals surface area contributed by atoms with E-state index >= 15 is 0 Å². The van der Waals surface area contributed by atoms with Crippen LogP contribution in [-0.2, 0) is 0 Å². The maximum absolute atomic E-state index is 9.53. The zero-order chi connectivity index (χ0) is 8.27. The van der Waals surface area contributed by atoms with Crippen LogP contribution in [0.4, 0.5) is 0 Å². The quantitative estimate of drug-likeness (QED) is 0.648. The first kappa shape index (κ1) is 9.05. The molecule has 0 bridgehead atoms. The van der Waals surface area contributed by atoms with Gasteiger partial charge in [-0.1, -0.05) is 20.3 Å². The molecule has 0 aliphatic heterocycles. The smallest absolute Gasteiger partial charge is 0.0568 e. The molecule has 0 amide bonds. The van der Waals surface area contributed by atoms with Gasteiger partial charge in [0.15, 0.2) is 0 Å². The fraction of sp³-hybridized carbons (Fsp3) is 1.00. The van der Waals surface area contributed by atoms with Gasteiger partial charge < -0.3 is 5.11 Å². The summed E-state index contributed by atoms with van der Waals surface area (Å²) in [5.41, 5.74) is 0. The molecule has 1 aliphatic carbocycles. The zero-order valence-corrected chi connectivity index (χ0v) is 7.71. The molecular weight excluding hydrogens is 136 g/mol. The highest BCUT2D eigenvalue weighted by atomic mass is 16.3. The fourth-order valence-corrected chi connectivity index (χ4v) is 1.38. The standard InChI is InChI=1S/C10H20O/c1-3-8(2)4-7-10(11)9-5-6-9/h8-11H,3-7H2,1-2H3. The Balaban J connectivity index is 2.00. The van der Waals surface area contributed by atoms with Crippen molar-refractivity contribution in [3.63, 3.8) is 0 Å². The first-order valence-electron chi connectivity index (χ1n) is 4.92. The summed E-state index contributed by atoms with van der Waals surface area (Å²) in [7, 11) is 0. The van der Waals surface area contributed by atoms with Crippen LogP contribution in [0.3, 0.4) is 0 Å². The lowest BCUT2D eigenvalue weighted by molar-refractivity contribution is 0.133. The second-order valence-corrected chi connectivity index (χ2v) is 4.00. The summed E-state index contributed by atoms with van der Waals surface area (Å²) >= 11 is 0. The van der Waals surface area contributed by atoms with E-state index in [9.17, 15) is 5.11 Å². The van der Waals surface area contributed by atoms with E-state index in [4.69, 9.17) is 0 Å². The van der Waals surface area contributed by atoms with Crippen LogP contribution in [-0.4, -0.2) is 11.2 Å². The van der Waals surface area contributed by atoms with Crippen molar-refractivity contribution in [2.24, 2.45) is 11.8 Å². The number of aliphatic hydroxyl groups excluding tert-OH is 1.